The molecule has 0 atom stereocenters. The van der Waals surface area contributed by atoms with Crippen molar-refractivity contribution < 1.29 is 0 Å². The molecular formula is C17H12ClN3S. The third-order valence-electron chi connectivity index (χ3n) is 3.26. The predicted octanol–water partition coefficient (Wildman–Crippen LogP) is 4.79. The number of para-hydroxylation sites is 1. The zero-order valence-electron chi connectivity index (χ0n) is 11.8. The molecule has 0 saturated heterocycles. The Balaban J connectivity index is 2.31. The van der Waals surface area contributed by atoms with E-state index in [-0.39, 0.29) is 0 Å². The van der Waals surface area contributed by atoms with Crippen LogP contribution in [0.5, 0.6) is 0 Å². The van der Waals surface area contributed by atoms with Crippen LogP contribution in [-0.2, 0) is 0 Å². The van der Waals surface area contributed by atoms with Crippen LogP contribution in [0.15, 0.2) is 59.6 Å². The molecule has 3 nitrogen and oxygen atoms in total. The largest absolute Gasteiger partial charge is 0.231 e. The highest BCUT2D eigenvalue weighted by molar-refractivity contribution is 7.98. The molecule has 0 spiro atoms. The molecule has 0 aliphatic heterocycles. The molecule has 0 N–H and O–H groups in total. The van der Waals surface area contributed by atoms with Crippen LogP contribution in [0.1, 0.15) is 5.56 Å². The third kappa shape index (κ3) is 2.61. The number of hydrogen-bond donors (Lipinski definition) is 0. The van der Waals surface area contributed by atoms with E-state index in [1.165, 1.54) is 11.8 Å². The van der Waals surface area contributed by atoms with Crippen LogP contribution in [0, 0.1) is 11.3 Å². The van der Waals surface area contributed by atoms with Gasteiger partial charge in [0.1, 0.15) is 16.7 Å². The summed E-state index contributed by atoms with van der Waals surface area (Å²) in [5.41, 5.74) is 3.12. The van der Waals surface area contributed by atoms with Gasteiger partial charge in [-0.2, -0.15) is 10.4 Å². The zero-order chi connectivity index (χ0) is 15.5. The van der Waals surface area contributed by atoms with E-state index >= 15 is 0 Å². The summed E-state index contributed by atoms with van der Waals surface area (Å²) in [5, 5.41) is 15.5. The minimum Gasteiger partial charge on any atom is -0.231 e. The molecule has 3 rings (SSSR count). The number of nitriles is 1. The molecule has 0 aliphatic carbocycles. The number of halogens is 1. The zero-order valence-corrected chi connectivity index (χ0v) is 13.4. The van der Waals surface area contributed by atoms with E-state index in [1.807, 2.05) is 60.9 Å². The molecule has 3 aromatic rings. The molecule has 22 heavy (non-hydrogen) atoms. The van der Waals surface area contributed by atoms with E-state index in [9.17, 15) is 5.26 Å². The molecule has 1 heterocycles. The number of rotatable bonds is 3. The summed E-state index contributed by atoms with van der Waals surface area (Å²) in [7, 11) is 0. The second-order valence-corrected chi connectivity index (χ2v) is 5.83. The Bertz CT molecular complexity index is 850. The van der Waals surface area contributed by atoms with Gasteiger partial charge in [0, 0.05) is 10.6 Å². The van der Waals surface area contributed by atoms with Gasteiger partial charge in [0.25, 0.3) is 0 Å². The number of thioether (sulfide) groups is 1. The molecule has 5 heteroatoms. The van der Waals surface area contributed by atoms with Crippen LogP contribution in [0.25, 0.3) is 16.9 Å². The van der Waals surface area contributed by atoms with Gasteiger partial charge in [0.2, 0.25) is 0 Å². The molecule has 1 aromatic heterocycles. The predicted molar refractivity (Wildman–Crippen MR) is 90.5 cm³/mol. The second kappa shape index (κ2) is 6.27. The Labute approximate surface area is 138 Å². The van der Waals surface area contributed by atoms with Gasteiger partial charge in [0.15, 0.2) is 0 Å². The fourth-order valence-electron chi connectivity index (χ4n) is 2.30. The van der Waals surface area contributed by atoms with Crippen LogP contribution in [0.4, 0.5) is 0 Å². The molecule has 2 aromatic carbocycles. The third-order valence-corrected chi connectivity index (χ3v) is 4.16. The molecule has 0 fully saturated rings. The lowest BCUT2D eigenvalue weighted by molar-refractivity contribution is 0.843. The molecule has 0 unspecified atom stereocenters. The van der Waals surface area contributed by atoms with Crippen molar-refractivity contribution in [3.8, 4) is 23.0 Å². The quantitative estimate of drug-likeness (QED) is 0.650. The molecule has 0 radical (unpaired) electrons. The van der Waals surface area contributed by atoms with Crippen molar-refractivity contribution in [2.24, 2.45) is 0 Å². The average molecular weight is 326 g/mol. The summed E-state index contributed by atoms with van der Waals surface area (Å²) in [6.45, 7) is 0. The molecule has 0 aliphatic rings. The summed E-state index contributed by atoms with van der Waals surface area (Å²) < 4.78 is 1.80. The van der Waals surface area contributed by atoms with Crippen molar-refractivity contribution in [3.63, 3.8) is 0 Å². The van der Waals surface area contributed by atoms with Gasteiger partial charge in [-0.1, -0.05) is 41.9 Å². The van der Waals surface area contributed by atoms with Gasteiger partial charge in [-0.3, -0.25) is 0 Å². The SMILES string of the molecule is CSc1nn(-c2ccccc2)c(-c2cccc(Cl)c2)c1C#N. The van der Waals surface area contributed by atoms with E-state index < -0.39 is 0 Å². The number of aromatic nitrogens is 2. The molecular weight excluding hydrogens is 314 g/mol. The van der Waals surface area contributed by atoms with Gasteiger partial charge < -0.3 is 0 Å². The van der Waals surface area contributed by atoms with Gasteiger partial charge in [-0.25, -0.2) is 4.68 Å². The Hall–Kier alpha value is -2.22. The van der Waals surface area contributed by atoms with Crippen molar-refractivity contribution in [1.29, 1.82) is 5.26 Å². The first-order valence-electron chi connectivity index (χ1n) is 6.63. The monoisotopic (exact) mass is 325 g/mol. The molecule has 0 amide bonds. The average Bonchev–Trinajstić information content (AvgIpc) is 2.94. The Morgan fingerprint density at radius 2 is 1.91 bits per heavy atom. The van der Waals surface area contributed by atoms with E-state index in [0.29, 0.717) is 15.6 Å². The highest BCUT2D eigenvalue weighted by Gasteiger charge is 2.20. The Kier molecular flexibility index (Phi) is 4.19. The fraction of sp³-hybridized carbons (Fsp3) is 0.0588. The maximum atomic E-state index is 9.57. The van der Waals surface area contributed by atoms with E-state index in [0.717, 1.165) is 16.9 Å². The number of hydrogen-bond acceptors (Lipinski definition) is 3. The van der Waals surface area contributed by atoms with Crippen LogP contribution in [-0.4, -0.2) is 16.0 Å². The second-order valence-electron chi connectivity index (χ2n) is 4.60. The van der Waals surface area contributed by atoms with Crippen molar-refractivity contribution in [2.45, 2.75) is 5.03 Å². The minimum atomic E-state index is 0.568. The molecule has 0 bridgehead atoms. The molecule has 0 saturated carbocycles. The lowest BCUT2D eigenvalue weighted by atomic mass is 10.1. The summed E-state index contributed by atoms with van der Waals surface area (Å²) in [6, 6.07) is 19.5. The first-order valence-corrected chi connectivity index (χ1v) is 8.23. The van der Waals surface area contributed by atoms with Crippen LogP contribution < -0.4 is 0 Å². The summed E-state index contributed by atoms with van der Waals surface area (Å²) in [6.07, 6.45) is 1.92. The van der Waals surface area contributed by atoms with Gasteiger partial charge in [0.05, 0.1) is 11.4 Å². The summed E-state index contributed by atoms with van der Waals surface area (Å²) in [4.78, 5) is 0. The normalized spacial score (nSPS) is 10.4. The summed E-state index contributed by atoms with van der Waals surface area (Å²) >= 11 is 7.57. The standard InChI is InChI=1S/C17H12ClN3S/c1-22-17-15(11-19)16(12-6-5-7-13(18)10-12)21(20-17)14-8-3-2-4-9-14/h2-10H,1H3. The van der Waals surface area contributed by atoms with Crippen molar-refractivity contribution in [1.82, 2.24) is 9.78 Å². The minimum absolute atomic E-state index is 0.568. The van der Waals surface area contributed by atoms with Crippen molar-refractivity contribution in [3.05, 3.63) is 65.2 Å². The highest BCUT2D eigenvalue weighted by Crippen LogP contribution is 2.33. The van der Waals surface area contributed by atoms with E-state index in [4.69, 9.17) is 11.6 Å². The van der Waals surface area contributed by atoms with Gasteiger partial charge in [-0.15, -0.1) is 11.8 Å². The van der Waals surface area contributed by atoms with E-state index in [1.54, 1.807) is 4.68 Å². The Morgan fingerprint density at radius 3 is 2.55 bits per heavy atom. The van der Waals surface area contributed by atoms with Crippen molar-refractivity contribution in [2.75, 3.05) is 6.26 Å². The smallest absolute Gasteiger partial charge is 0.137 e. The lowest BCUT2D eigenvalue weighted by Gasteiger charge is -2.08. The van der Waals surface area contributed by atoms with Gasteiger partial charge in [-0.05, 0) is 30.5 Å². The van der Waals surface area contributed by atoms with E-state index in [2.05, 4.69) is 11.2 Å². The maximum Gasteiger partial charge on any atom is 0.137 e. The molecule has 108 valence electrons. The summed E-state index contributed by atoms with van der Waals surface area (Å²) in [5.74, 6) is 0. The van der Waals surface area contributed by atoms with Crippen LogP contribution >= 0.6 is 23.4 Å². The van der Waals surface area contributed by atoms with Gasteiger partial charge >= 0.3 is 0 Å². The first-order chi connectivity index (χ1) is 10.7. The lowest BCUT2D eigenvalue weighted by Crippen LogP contribution is -1.99. The fourth-order valence-corrected chi connectivity index (χ4v) is 3.00. The van der Waals surface area contributed by atoms with Crippen LogP contribution in [0.3, 0.4) is 0 Å². The number of nitrogens with zero attached hydrogens (tertiary/aromatic N) is 3. The Morgan fingerprint density at radius 1 is 1.14 bits per heavy atom. The number of benzene rings is 2. The first kappa shape index (κ1) is 14.7. The maximum absolute atomic E-state index is 9.57. The topological polar surface area (TPSA) is 41.6 Å². The highest BCUT2D eigenvalue weighted by atomic mass is 35.5. The van der Waals surface area contributed by atoms with Crippen LogP contribution in [0.2, 0.25) is 5.02 Å². The van der Waals surface area contributed by atoms with Crippen molar-refractivity contribution >= 4 is 23.4 Å².